The van der Waals surface area contributed by atoms with Crippen LogP contribution in [0.25, 0.3) is 0 Å². The molecule has 474 valence electrons. The van der Waals surface area contributed by atoms with Gasteiger partial charge in [0.05, 0.1) is 27.7 Å². The quantitative estimate of drug-likeness (QED) is 0.0211. The lowest BCUT2D eigenvalue weighted by molar-refractivity contribution is -0.870. The molecule has 1 N–H and O–H groups in total. The molecule has 0 rings (SSSR count). The number of allylic oxidation sites excluding steroid dienone is 28. The van der Waals surface area contributed by atoms with Crippen molar-refractivity contribution in [3.63, 3.8) is 0 Å². The highest BCUT2D eigenvalue weighted by Crippen LogP contribution is 2.43. The normalized spacial score (nSPS) is 14.3. The maximum absolute atomic E-state index is 12.9. The van der Waals surface area contributed by atoms with E-state index in [0.29, 0.717) is 17.4 Å². The van der Waals surface area contributed by atoms with Crippen molar-refractivity contribution in [2.75, 3.05) is 47.5 Å². The van der Waals surface area contributed by atoms with Crippen LogP contribution in [0.5, 0.6) is 0 Å². The Bertz CT molecular complexity index is 2020. The SMILES string of the molecule is CC/C=C\C/C=C\C/C=C\C/C=C\C/C=C\C/C=C\C/C=C\C/C=C\C/C=C\CCCCCCCCCCCC(=O)OC(COC(=O)CCCCCCCCC/C=C\C/C=C\C/C=C\C/C=C\C/C=C\CC)COP(=O)(O)OCC[N+](C)(C)C. The number of carbonyl (C=O) groups excluding carboxylic acids is 2. The van der Waals surface area contributed by atoms with Crippen LogP contribution in [0.15, 0.2) is 170 Å². The molecule has 0 bridgehead atoms. The van der Waals surface area contributed by atoms with Gasteiger partial charge in [0.25, 0.3) is 0 Å². The minimum Gasteiger partial charge on any atom is -0.462 e. The van der Waals surface area contributed by atoms with Crippen LogP contribution in [0.3, 0.4) is 0 Å². The van der Waals surface area contributed by atoms with Gasteiger partial charge in [0.1, 0.15) is 19.8 Å². The van der Waals surface area contributed by atoms with Gasteiger partial charge in [0.2, 0.25) is 0 Å². The van der Waals surface area contributed by atoms with Crippen molar-refractivity contribution in [1.29, 1.82) is 0 Å². The second-order valence-electron chi connectivity index (χ2n) is 22.4. The minimum atomic E-state index is -4.41. The fourth-order valence-electron chi connectivity index (χ4n) is 8.27. The predicted molar refractivity (Wildman–Crippen MR) is 362 cm³/mol. The van der Waals surface area contributed by atoms with Crippen LogP contribution in [-0.2, 0) is 32.7 Å². The second kappa shape index (κ2) is 62.9. The molecule has 0 aliphatic carbocycles. The summed E-state index contributed by atoms with van der Waals surface area (Å²) < 4.78 is 34.6. The summed E-state index contributed by atoms with van der Waals surface area (Å²) in [6.07, 6.45) is 95.7. The van der Waals surface area contributed by atoms with Gasteiger partial charge < -0.3 is 18.9 Å². The number of phosphoric ester groups is 1. The third-order valence-corrected chi connectivity index (χ3v) is 14.2. The third kappa shape index (κ3) is 66.5. The largest absolute Gasteiger partial charge is 0.472 e. The van der Waals surface area contributed by atoms with E-state index in [9.17, 15) is 19.0 Å². The van der Waals surface area contributed by atoms with Crippen LogP contribution in [0.1, 0.15) is 232 Å². The number of phosphoric acid groups is 1. The molecule has 0 heterocycles. The first-order chi connectivity index (χ1) is 41.0. The van der Waals surface area contributed by atoms with Gasteiger partial charge in [0, 0.05) is 12.8 Å². The van der Waals surface area contributed by atoms with E-state index in [4.69, 9.17) is 18.5 Å². The zero-order valence-corrected chi connectivity index (χ0v) is 54.7. The Kier molecular flexibility index (Phi) is 59.4. The number of quaternary nitrogens is 1. The summed E-state index contributed by atoms with van der Waals surface area (Å²) in [7, 11) is 1.44. The summed E-state index contributed by atoms with van der Waals surface area (Å²) in [6.45, 7) is 4.17. The molecule has 2 unspecified atom stereocenters. The first-order valence-electron chi connectivity index (χ1n) is 32.9. The molecule has 0 fully saturated rings. The van der Waals surface area contributed by atoms with Crippen molar-refractivity contribution in [2.45, 2.75) is 238 Å². The molecule has 0 aromatic heterocycles. The van der Waals surface area contributed by atoms with Crippen LogP contribution in [0, 0.1) is 0 Å². The number of nitrogens with zero attached hydrogens (tertiary/aromatic N) is 1. The van der Waals surface area contributed by atoms with Gasteiger partial charge in [-0.3, -0.25) is 18.6 Å². The smallest absolute Gasteiger partial charge is 0.462 e. The van der Waals surface area contributed by atoms with Crippen LogP contribution in [0.4, 0.5) is 0 Å². The summed E-state index contributed by atoms with van der Waals surface area (Å²) in [5.74, 6) is -0.828. The summed E-state index contributed by atoms with van der Waals surface area (Å²) in [4.78, 5) is 35.8. The molecule has 9 nitrogen and oxygen atoms in total. The van der Waals surface area contributed by atoms with E-state index < -0.39 is 26.5 Å². The van der Waals surface area contributed by atoms with Gasteiger partial charge in [-0.25, -0.2) is 4.57 Å². The van der Waals surface area contributed by atoms with Crippen LogP contribution >= 0.6 is 7.82 Å². The predicted octanol–water partition coefficient (Wildman–Crippen LogP) is 21.4. The van der Waals surface area contributed by atoms with Gasteiger partial charge in [-0.05, 0) is 128 Å². The van der Waals surface area contributed by atoms with Crippen molar-refractivity contribution in [3.8, 4) is 0 Å². The van der Waals surface area contributed by atoms with Crippen molar-refractivity contribution >= 4 is 19.8 Å². The van der Waals surface area contributed by atoms with Gasteiger partial charge in [0.15, 0.2) is 6.10 Å². The average molecular weight is 1180 g/mol. The first kappa shape index (κ1) is 79.4. The minimum absolute atomic E-state index is 0.0191. The topological polar surface area (TPSA) is 108 Å². The molecule has 10 heteroatoms. The lowest BCUT2D eigenvalue weighted by Crippen LogP contribution is -2.37. The molecule has 0 aromatic rings. The molecule has 0 spiro atoms. The number of rotatable bonds is 58. The maximum atomic E-state index is 12.9. The monoisotopic (exact) mass is 1180 g/mol. The fraction of sp³-hybridized carbons (Fsp3) is 0.595. The van der Waals surface area contributed by atoms with E-state index in [1.807, 2.05) is 21.1 Å². The zero-order chi connectivity index (χ0) is 61.2. The van der Waals surface area contributed by atoms with Gasteiger partial charge in [-0.15, -0.1) is 0 Å². The van der Waals surface area contributed by atoms with Crippen molar-refractivity contribution < 1.29 is 42.1 Å². The molecule has 0 aliphatic heterocycles. The van der Waals surface area contributed by atoms with Crippen LogP contribution < -0.4 is 0 Å². The fourth-order valence-corrected chi connectivity index (χ4v) is 9.01. The van der Waals surface area contributed by atoms with Gasteiger partial charge >= 0.3 is 19.8 Å². The van der Waals surface area contributed by atoms with E-state index in [-0.39, 0.29) is 32.0 Å². The van der Waals surface area contributed by atoms with Crippen LogP contribution in [-0.4, -0.2) is 74.9 Å². The number of hydrogen-bond acceptors (Lipinski definition) is 7. The zero-order valence-electron chi connectivity index (χ0n) is 53.8. The highest BCUT2D eigenvalue weighted by atomic mass is 31.2. The number of carbonyl (C=O) groups is 2. The molecule has 84 heavy (non-hydrogen) atoms. The van der Waals surface area contributed by atoms with E-state index in [1.54, 1.807) is 0 Å². The summed E-state index contributed by atoms with van der Waals surface area (Å²) in [6, 6.07) is 0. The maximum Gasteiger partial charge on any atom is 0.472 e. The van der Waals surface area contributed by atoms with E-state index in [1.165, 1.54) is 51.4 Å². The number of likely N-dealkylation sites (N-methyl/N-ethyl adjacent to an activating group) is 1. The highest BCUT2D eigenvalue weighted by Gasteiger charge is 2.27. The molecule has 2 atom stereocenters. The van der Waals surface area contributed by atoms with Crippen molar-refractivity contribution in [2.24, 2.45) is 0 Å². The molecule has 0 saturated heterocycles. The lowest BCUT2D eigenvalue weighted by Gasteiger charge is -2.24. The van der Waals surface area contributed by atoms with Gasteiger partial charge in [-0.1, -0.05) is 261 Å². The Morgan fingerprint density at radius 3 is 0.952 bits per heavy atom. The average Bonchev–Trinajstić information content (AvgIpc) is 3.61. The van der Waals surface area contributed by atoms with E-state index in [0.717, 1.165) is 148 Å². The number of unbranched alkanes of at least 4 members (excludes halogenated alkanes) is 16. The Morgan fingerprint density at radius 1 is 0.369 bits per heavy atom. The first-order valence-corrected chi connectivity index (χ1v) is 34.4. The van der Waals surface area contributed by atoms with Crippen LogP contribution in [0.2, 0.25) is 0 Å². The third-order valence-electron chi connectivity index (χ3n) is 13.2. The summed E-state index contributed by atoms with van der Waals surface area (Å²) >= 11 is 0. The molecule has 0 amide bonds. The highest BCUT2D eigenvalue weighted by molar-refractivity contribution is 7.47. The van der Waals surface area contributed by atoms with E-state index in [2.05, 4.69) is 184 Å². The second-order valence-corrected chi connectivity index (χ2v) is 23.8. The molecular weight excluding hydrogens is 1060 g/mol. The molecule has 0 radical (unpaired) electrons. The molecular formula is C74H121NO8P+. The Balaban J connectivity index is 4.18. The number of ether oxygens (including phenoxy) is 2. The molecule has 0 saturated carbocycles. The Labute approximate surface area is 515 Å². The standard InChI is InChI=1S/C74H120NO8P/c1-6-8-10-12-14-16-18-20-22-24-26-28-30-31-32-33-34-35-36-37-38-39-40-41-42-43-45-47-49-51-53-55-57-59-61-63-65-67-74(77)83-72(71-82-84(78,79)81-69-68-75(3,4)5)70-80-73(76)66-64-62-60-58-56-54-52-50-48-46-44-29-27-25-23-21-19-17-15-13-11-9-7-2/h8-11,14-17,20-23,26-29,31-32,34-35,37-38,40-41,43,45-46,48,72H,6-7,12-13,18-19,24-25,30,33,36,39,42,44,47,49-71H2,1-5H3/p+1/b10-8-,11-9-,16-14-,17-15-,22-20-,23-21-,28-26-,29-27-,32-31-,35-34-,38-37-,41-40-,45-43-,48-46-. The van der Waals surface area contributed by atoms with Gasteiger partial charge in [-0.2, -0.15) is 0 Å². The van der Waals surface area contributed by atoms with Crippen molar-refractivity contribution in [1.82, 2.24) is 0 Å². The lowest BCUT2D eigenvalue weighted by atomic mass is 10.1. The number of hydrogen-bond donors (Lipinski definition) is 1. The summed E-state index contributed by atoms with van der Waals surface area (Å²) in [5.41, 5.74) is 0. The molecule has 0 aliphatic rings. The Morgan fingerprint density at radius 2 is 0.643 bits per heavy atom. The van der Waals surface area contributed by atoms with Crippen molar-refractivity contribution in [3.05, 3.63) is 170 Å². The summed E-state index contributed by atoms with van der Waals surface area (Å²) in [5, 5.41) is 0. The number of esters is 2. The molecule has 0 aromatic carbocycles. The Hall–Kier alpha value is -4.63. The van der Waals surface area contributed by atoms with E-state index >= 15 is 0 Å².